The van der Waals surface area contributed by atoms with Crippen LogP contribution in [0.15, 0.2) is 46.3 Å². The molecule has 6 nitrogen and oxygen atoms in total. The molecule has 1 fully saturated rings. The molecule has 0 bridgehead atoms. The summed E-state index contributed by atoms with van der Waals surface area (Å²) in [5, 5.41) is 0.676. The first-order valence-corrected chi connectivity index (χ1v) is 10.7. The summed E-state index contributed by atoms with van der Waals surface area (Å²) in [6.07, 6.45) is 5.54. The molecule has 0 N–H and O–H groups in total. The second kappa shape index (κ2) is 8.97. The summed E-state index contributed by atoms with van der Waals surface area (Å²) in [5.74, 6) is 1.30. The Kier molecular flexibility index (Phi) is 6.72. The minimum atomic E-state index is -0.236. The van der Waals surface area contributed by atoms with E-state index in [1.165, 1.54) is 0 Å². The van der Waals surface area contributed by atoms with Crippen LogP contribution in [0.1, 0.15) is 58.0 Å². The standard InChI is InChI=1S/C24H31ClN4O2/c1-23(2)12-16(13-24(3,4)31-23)20-15-29(18-10-8-17(25)9-11-18)21(28-20)19(14-26-5)22(27-6)30-7/h8-11,14-16H,6,12-13H2,1-5,7H3/b22-19-,26-14-. The average molecular weight is 443 g/mol. The lowest BCUT2D eigenvalue weighted by Crippen LogP contribution is -2.44. The third-order valence-corrected chi connectivity index (χ3v) is 5.59. The number of hydrogen-bond acceptors (Lipinski definition) is 5. The van der Waals surface area contributed by atoms with Gasteiger partial charge in [0, 0.05) is 36.1 Å². The van der Waals surface area contributed by atoms with E-state index in [9.17, 15) is 0 Å². The van der Waals surface area contributed by atoms with Crippen molar-refractivity contribution in [3.05, 3.63) is 52.9 Å². The fourth-order valence-electron chi connectivity index (χ4n) is 4.48. The zero-order valence-corrected chi connectivity index (χ0v) is 19.9. The van der Waals surface area contributed by atoms with Crippen LogP contribution in [0.25, 0.3) is 11.3 Å². The van der Waals surface area contributed by atoms with Crippen molar-refractivity contribution in [3.8, 4) is 5.69 Å². The van der Waals surface area contributed by atoms with E-state index in [0.29, 0.717) is 22.3 Å². The summed E-state index contributed by atoms with van der Waals surface area (Å²) in [6.45, 7) is 12.2. The summed E-state index contributed by atoms with van der Waals surface area (Å²) < 4.78 is 13.8. The Morgan fingerprint density at radius 3 is 2.35 bits per heavy atom. The van der Waals surface area contributed by atoms with E-state index in [0.717, 1.165) is 24.2 Å². The first kappa shape index (κ1) is 23.2. The topological polar surface area (TPSA) is 61.0 Å². The Morgan fingerprint density at radius 1 is 1.23 bits per heavy atom. The number of aliphatic imine (C=N–C) groups is 2. The number of rotatable bonds is 6. The van der Waals surface area contributed by atoms with Gasteiger partial charge in [0.15, 0.2) is 5.82 Å². The Morgan fingerprint density at radius 2 is 1.84 bits per heavy atom. The SMILES string of the molecule is C=N/C(OC)=C(\C=N/C)c1nc(C2CC(C)(C)OC(C)(C)C2)cn1-c1ccc(Cl)cc1. The van der Waals surface area contributed by atoms with Crippen LogP contribution in [-0.2, 0) is 9.47 Å². The first-order valence-electron chi connectivity index (χ1n) is 10.3. The van der Waals surface area contributed by atoms with E-state index in [1.54, 1.807) is 20.4 Å². The molecule has 1 aromatic heterocycles. The van der Waals surface area contributed by atoms with Gasteiger partial charge in [0.2, 0.25) is 5.88 Å². The third-order valence-electron chi connectivity index (χ3n) is 5.34. The van der Waals surface area contributed by atoms with Gasteiger partial charge in [0.25, 0.3) is 0 Å². The molecule has 2 heterocycles. The van der Waals surface area contributed by atoms with Gasteiger partial charge in [-0.3, -0.25) is 9.56 Å². The average Bonchev–Trinajstić information content (AvgIpc) is 3.11. The van der Waals surface area contributed by atoms with Gasteiger partial charge in [0.05, 0.1) is 29.6 Å². The predicted molar refractivity (Wildman–Crippen MR) is 128 cm³/mol. The summed E-state index contributed by atoms with van der Waals surface area (Å²) in [7, 11) is 3.27. The molecule has 0 saturated carbocycles. The van der Waals surface area contributed by atoms with Crippen molar-refractivity contribution in [1.29, 1.82) is 0 Å². The van der Waals surface area contributed by atoms with Gasteiger partial charge >= 0.3 is 0 Å². The zero-order chi connectivity index (χ0) is 22.8. The zero-order valence-electron chi connectivity index (χ0n) is 19.1. The maximum atomic E-state index is 6.28. The molecule has 166 valence electrons. The molecule has 0 unspecified atom stereocenters. The minimum Gasteiger partial charge on any atom is -0.480 e. The van der Waals surface area contributed by atoms with E-state index >= 15 is 0 Å². The Bertz CT molecular complexity index is 987. The molecule has 0 aliphatic carbocycles. The number of methoxy groups -OCH3 is 1. The second-order valence-corrected chi connectivity index (χ2v) is 9.47. The molecule has 1 aliphatic rings. The van der Waals surface area contributed by atoms with Crippen molar-refractivity contribution >= 4 is 30.1 Å². The fourth-order valence-corrected chi connectivity index (χ4v) is 4.61. The Balaban J connectivity index is 2.20. The maximum Gasteiger partial charge on any atom is 0.225 e. The quantitative estimate of drug-likeness (QED) is 0.426. The summed E-state index contributed by atoms with van der Waals surface area (Å²) in [5.41, 5.74) is 2.12. The van der Waals surface area contributed by atoms with Crippen LogP contribution in [0.2, 0.25) is 5.02 Å². The number of imidazole rings is 1. The van der Waals surface area contributed by atoms with Crippen molar-refractivity contribution in [1.82, 2.24) is 9.55 Å². The van der Waals surface area contributed by atoms with Crippen molar-refractivity contribution in [2.75, 3.05) is 14.2 Å². The summed E-state index contributed by atoms with van der Waals surface area (Å²) in [4.78, 5) is 13.3. The number of nitrogens with zero attached hydrogens (tertiary/aromatic N) is 4. The third kappa shape index (κ3) is 5.25. The van der Waals surface area contributed by atoms with Crippen LogP contribution in [0, 0.1) is 0 Å². The maximum absolute atomic E-state index is 6.28. The van der Waals surface area contributed by atoms with Crippen molar-refractivity contribution < 1.29 is 9.47 Å². The summed E-state index contributed by atoms with van der Waals surface area (Å²) >= 11 is 6.12. The minimum absolute atomic E-state index is 0.236. The molecular formula is C24H31ClN4O2. The van der Waals surface area contributed by atoms with E-state index < -0.39 is 0 Å². The molecule has 0 radical (unpaired) electrons. The molecule has 1 saturated heterocycles. The lowest BCUT2D eigenvalue weighted by molar-refractivity contribution is -0.162. The molecule has 2 aromatic rings. The number of aromatic nitrogens is 2. The lowest BCUT2D eigenvalue weighted by Gasteiger charge is -2.45. The van der Waals surface area contributed by atoms with Crippen LogP contribution >= 0.6 is 11.6 Å². The molecule has 1 aliphatic heterocycles. The highest BCUT2D eigenvalue weighted by molar-refractivity contribution is 6.30. The van der Waals surface area contributed by atoms with Crippen molar-refractivity contribution in [3.63, 3.8) is 0 Å². The number of benzene rings is 1. The molecule has 7 heteroatoms. The van der Waals surface area contributed by atoms with Gasteiger partial charge in [-0.15, -0.1) is 0 Å². The smallest absolute Gasteiger partial charge is 0.225 e. The fraction of sp³-hybridized carbons (Fsp3) is 0.458. The molecule has 0 atom stereocenters. The van der Waals surface area contributed by atoms with Crippen LogP contribution < -0.4 is 0 Å². The highest BCUT2D eigenvalue weighted by atomic mass is 35.5. The predicted octanol–water partition coefficient (Wildman–Crippen LogP) is 5.69. The first-order chi connectivity index (χ1) is 14.6. The molecule has 1 aromatic carbocycles. The van der Waals surface area contributed by atoms with E-state index in [1.807, 2.05) is 28.8 Å². The van der Waals surface area contributed by atoms with Crippen LogP contribution in [-0.4, -0.2) is 47.8 Å². The summed E-state index contributed by atoms with van der Waals surface area (Å²) in [6, 6.07) is 7.65. The van der Waals surface area contributed by atoms with Gasteiger partial charge in [-0.2, -0.15) is 0 Å². The second-order valence-electron chi connectivity index (χ2n) is 9.03. The Hall–Kier alpha value is -2.44. The molecule has 0 spiro atoms. The van der Waals surface area contributed by atoms with Crippen molar-refractivity contribution in [2.24, 2.45) is 9.98 Å². The van der Waals surface area contributed by atoms with Gasteiger partial charge in [-0.25, -0.2) is 9.98 Å². The normalized spacial score (nSPS) is 19.3. The van der Waals surface area contributed by atoms with Crippen LogP contribution in [0.4, 0.5) is 0 Å². The van der Waals surface area contributed by atoms with Crippen LogP contribution in [0.3, 0.4) is 0 Å². The number of hydrogen-bond donors (Lipinski definition) is 0. The van der Waals surface area contributed by atoms with Crippen molar-refractivity contribution in [2.45, 2.75) is 57.7 Å². The highest BCUT2D eigenvalue weighted by Crippen LogP contribution is 2.43. The Labute approximate surface area is 189 Å². The molecule has 0 amide bonds. The lowest BCUT2D eigenvalue weighted by atomic mass is 9.79. The number of ether oxygens (including phenoxy) is 2. The van der Waals surface area contributed by atoms with Gasteiger partial charge in [0.1, 0.15) is 0 Å². The van der Waals surface area contributed by atoms with E-state index in [-0.39, 0.29) is 17.1 Å². The van der Waals surface area contributed by atoms with Gasteiger partial charge in [-0.05, 0) is 71.5 Å². The van der Waals surface area contributed by atoms with E-state index in [4.69, 9.17) is 26.1 Å². The van der Waals surface area contributed by atoms with Crippen LogP contribution in [0.5, 0.6) is 0 Å². The molecule has 3 rings (SSSR count). The molecular weight excluding hydrogens is 412 g/mol. The highest BCUT2D eigenvalue weighted by Gasteiger charge is 2.41. The number of halogens is 1. The molecule has 31 heavy (non-hydrogen) atoms. The van der Waals surface area contributed by atoms with E-state index in [2.05, 4.69) is 50.6 Å². The van der Waals surface area contributed by atoms with Gasteiger partial charge < -0.3 is 9.47 Å². The largest absolute Gasteiger partial charge is 0.480 e. The van der Waals surface area contributed by atoms with Gasteiger partial charge in [-0.1, -0.05) is 11.6 Å². The monoisotopic (exact) mass is 442 g/mol. The number of allylic oxidation sites excluding steroid dienone is 1.